The fourth-order valence-corrected chi connectivity index (χ4v) is 4.18. The molecule has 5 heteroatoms. The maximum Gasteiger partial charge on any atom is 0.164 e. The molecule has 1 aromatic heterocycles. The molecule has 32 heavy (non-hydrogen) atoms. The zero-order valence-corrected chi connectivity index (χ0v) is 17.7. The summed E-state index contributed by atoms with van der Waals surface area (Å²) in [5, 5.41) is 15.7. The number of aromatic nitrogens is 1. The summed E-state index contributed by atoms with van der Waals surface area (Å²) in [5.74, 6) is -0.243. The molecule has 3 aromatic carbocycles. The van der Waals surface area contributed by atoms with Crippen molar-refractivity contribution >= 4 is 44.7 Å². The maximum absolute atomic E-state index is 12.7. The number of para-hydroxylation sites is 1. The van der Waals surface area contributed by atoms with Crippen molar-refractivity contribution in [2.75, 3.05) is 12.4 Å². The van der Waals surface area contributed by atoms with Crippen molar-refractivity contribution in [3.05, 3.63) is 84.4 Å². The summed E-state index contributed by atoms with van der Waals surface area (Å²) in [7, 11) is 1.89. The molecule has 0 saturated carbocycles. The Morgan fingerprint density at radius 2 is 1.81 bits per heavy atom. The molecule has 0 radical (unpaired) electrons. The first-order valence-electron chi connectivity index (χ1n) is 10.7. The highest BCUT2D eigenvalue weighted by molar-refractivity contribution is 6.18. The van der Waals surface area contributed by atoms with Gasteiger partial charge >= 0.3 is 0 Å². The Hall–Kier alpha value is -3.99. The van der Waals surface area contributed by atoms with E-state index >= 15 is 0 Å². The van der Waals surface area contributed by atoms with Crippen molar-refractivity contribution < 1.29 is 9.90 Å². The van der Waals surface area contributed by atoms with E-state index in [-0.39, 0.29) is 17.5 Å². The third-order valence-electron chi connectivity index (χ3n) is 5.89. The molecule has 0 amide bonds. The van der Waals surface area contributed by atoms with E-state index in [4.69, 9.17) is 9.98 Å². The SMILES string of the molecule is CNc1ccc2cc3ccc(N=C(c4ccccc4O)C4CCC=CC4=O)cc3nc2c1. The van der Waals surface area contributed by atoms with Gasteiger partial charge in [-0.1, -0.05) is 30.3 Å². The molecule has 2 N–H and O–H groups in total. The van der Waals surface area contributed by atoms with Crippen LogP contribution >= 0.6 is 0 Å². The number of nitrogens with one attached hydrogen (secondary N) is 1. The fourth-order valence-electron chi connectivity index (χ4n) is 4.18. The quantitative estimate of drug-likeness (QED) is 0.323. The topological polar surface area (TPSA) is 74.6 Å². The Morgan fingerprint density at radius 3 is 2.59 bits per heavy atom. The van der Waals surface area contributed by atoms with E-state index in [0.717, 1.165) is 33.9 Å². The van der Waals surface area contributed by atoms with Gasteiger partial charge in [-0.25, -0.2) is 4.98 Å². The predicted molar refractivity (Wildman–Crippen MR) is 130 cm³/mol. The first kappa shape index (κ1) is 19.9. The summed E-state index contributed by atoms with van der Waals surface area (Å²) < 4.78 is 0. The Balaban J connectivity index is 1.65. The number of carbonyl (C=O) groups excluding carboxylic acids is 1. The highest BCUT2D eigenvalue weighted by Crippen LogP contribution is 2.30. The second-order valence-corrected chi connectivity index (χ2v) is 7.97. The molecule has 158 valence electrons. The monoisotopic (exact) mass is 421 g/mol. The van der Waals surface area contributed by atoms with E-state index in [1.54, 1.807) is 18.2 Å². The molecule has 0 aliphatic heterocycles. The van der Waals surface area contributed by atoms with Crippen LogP contribution in [0.5, 0.6) is 5.75 Å². The molecule has 0 saturated heterocycles. The minimum Gasteiger partial charge on any atom is -0.507 e. The molecule has 1 aliphatic rings. The normalized spacial score (nSPS) is 16.6. The van der Waals surface area contributed by atoms with E-state index < -0.39 is 0 Å². The summed E-state index contributed by atoms with van der Waals surface area (Å²) in [4.78, 5) is 22.4. The van der Waals surface area contributed by atoms with Crippen LogP contribution in [0.4, 0.5) is 11.4 Å². The van der Waals surface area contributed by atoms with Crippen molar-refractivity contribution in [1.29, 1.82) is 0 Å². The molecule has 5 nitrogen and oxygen atoms in total. The Labute approximate surface area is 186 Å². The van der Waals surface area contributed by atoms with Gasteiger partial charge in [0.2, 0.25) is 0 Å². The number of hydrogen-bond acceptors (Lipinski definition) is 5. The highest BCUT2D eigenvalue weighted by atomic mass is 16.3. The van der Waals surface area contributed by atoms with Crippen molar-refractivity contribution in [2.45, 2.75) is 12.8 Å². The van der Waals surface area contributed by atoms with Crippen molar-refractivity contribution in [1.82, 2.24) is 4.98 Å². The summed E-state index contributed by atoms with van der Waals surface area (Å²) in [6, 6.07) is 21.1. The lowest BCUT2D eigenvalue weighted by Gasteiger charge is -2.20. The van der Waals surface area contributed by atoms with Gasteiger partial charge in [0.1, 0.15) is 5.75 Å². The number of aromatic hydroxyl groups is 1. The number of anilines is 1. The number of nitrogens with zero attached hydrogens (tertiary/aromatic N) is 2. The number of benzene rings is 3. The lowest BCUT2D eigenvalue weighted by molar-refractivity contribution is -0.116. The van der Waals surface area contributed by atoms with Crippen LogP contribution < -0.4 is 5.32 Å². The van der Waals surface area contributed by atoms with Gasteiger partial charge in [0, 0.05) is 29.1 Å². The van der Waals surface area contributed by atoms with Crippen LogP contribution in [0.15, 0.2) is 83.9 Å². The average Bonchev–Trinajstić information content (AvgIpc) is 2.82. The minimum absolute atomic E-state index is 0.0164. The first-order valence-corrected chi connectivity index (χ1v) is 10.7. The van der Waals surface area contributed by atoms with Crippen LogP contribution in [0.25, 0.3) is 21.8 Å². The van der Waals surface area contributed by atoms with Gasteiger partial charge in [0.05, 0.1) is 28.4 Å². The number of rotatable bonds is 4. The zero-order valence-electron chi connectivity index (χ0n) is 17.7. The number of allylic oxidation sites excluding steroid dienone is 2. The van der Waals surface area contributed by atoms with Gasteiger partial charge < -0.3 is 10.4 Å². The molecule has 5 rings (SSSR count). The minimum atomic E-state index is -0.383. The van der Waals surface area contributed by atoms with Crippen LogP contribution in [0.2, 0.25) is 0 Å². The number of hydrogen-bond donors (Lipinski definition) is 2. The lowest BCUT2D eigenvalue weighted by Crippen LogP contribution is -2.25. The third-order valence-corrected chi connectivity index (χ3v) is 5.89. The molecule has 0 spiro atoms. The van der Waals surface area contributed by atoms with Gasteiger partial charge in [-0.2, -0.15) is 0 Å². The molecular weight excluding hydrogens is 398 g/mol. The summed E-state index contributed by atoms with van der Waals surface area (Å²) >= 11 is 0. The molecule has 4 aromatic rings. The zero-order chi connectivity index (χ0) is 22.1. The predicted octanol–water partition coefficient (Wildman–Crippen LogP) is 5.79. The largest absolute Gasteiger partial charge is 0.507 e. The van der Waals surface area contributed by atoms with E-state index in [9.17, 15) is 9.90 Å². The van der Waals surface area contributed by atoms with Crippen LogP contribution in [-0.2, 0) is 4.79 Å². The molecule has 0 bridgehead atoms. The van der Waals surface area contributed by atoms with E-state index in [1.165, 1.54) is 0 Å². The molecule has 1 unspecified atom stereocenters. The van der Waals surface area contributed by atoms with Gasteiger partial charge in [0.25, 0.3) is 0 Å². The van der Waals surface area contributed by atoms with Crippen LogP contribution in [0, 0.1) is 5.92 Å². The van der Waals surface area contributed by atoms with Gasteiger partial charge in [-0.05, 0) is 61.4 Å². The van der Waals surface area contributed by atoms with E-state index in [1.807, 2.05) is 55.6 Å². The summed E-state index contributed by atoms with van der Waals surface area (Å²) in [6.07, 6.45) is 5.00. The second kappa shape index (κ2) is 8.27. The van der Waals surface area contributed by atoms with Crippen molar-refractivity contribution in [2.24, 2.45) is 10.9 Å². The first-order chi connectivity index (χ1) is 15.6. The summed E-state index contributed by atoms with van der Waals surface area (Å²) in [5.41, 5.74) is 4.62. The van der Waals surface area contributed by atoms with Gasteiger partial charge in [-0.15, -0.1) is 0 Å². The van der Waals surface area contributed by atoms with Gasteiger partial charge in [0.15, 0.2) is 5.78 Å². The lowest BCUT2D eigenvalue weighted by atomic mass is 9.85. The molecular formula is C27H23N3O2. The second-order valence-electron chi connectivity index (χ2n) is 7.97. The number of phenols is 1. The molecule has 1 aliphatic carbocycles. The molecule has 0 fully saturated rings. The molecule has 1 atom stereocenters. The number of fused-ring (bicyclic) bond motifs is 2. The molecule has 1 heterocycles. The number of phenolic OH excluding ortho intramolecular Hbond substituents is 1. The Bertz CT molecular complexity index is 1400. The maximum atomic E-state index is 12.7. The number of pyridine rings is 1. The van der Waals surface area contributed by atoms with E-state index in [0.29, 0.717) is 23.4 Å². The number of aliphatic imine (C=N–C) groups is 1. The number of carbonyl (C=O) groups is 1. The summed E-state index contributed by atoms with van der Waals surface area (Å²) in [6.45, 7) is 0. The van der Waals surface area contributed by atoms with Crippen molar-refractivity contribution in [3.8, 4) is 5.75 Å². The van der Waals surface area contributed by atoms with E-state index in [2.05, 4.69) is 17.4 Å². The average molecular weight is 422 g/mol. The van der Waals surface area contributed by atoms with Crippen LogP contribution in [0.3, 0.4) is 0 Å². The Morgan fingerprint density at radius 1 is 1.03 bits per heavy atom. The van der Waals surface area contributed by atoms with Crippen molar-refractivity contribution in [3.63, 3.8) is 0 Å². The van der Waals surface area contributed by atoms with Crippen LogP contribution in [-0.4, -0.2) is 28.6 Å². The number of ketones is 1. The Kier molecular flexibility index (Phi) is 5.15. The highest BCUT2D eigenvalue weighted by Gasteiger charge is 2.27. The third kappa shape index (κ3) is 3.73. The van der Waals surface area contributed by atoms with Gasteiger partial charge in [-0.3, -0.25) is 9.79 Å². The smallest absolute Gasteiger partial charge is 0.164 e. The standard InChI is InChI=1S/C27H23N3O2/c1-28-19-12-10-17-14-18-11-13-20(16-24(18)30-23(17)15-19)29-27(21-6-2-4-8-25(21)31)22-7-3-5-9-26(22)32/h2,4-6,8-16,22,28,31H,3,7H2,1H3. The van der Waals surface area contributed by atoms with Crippen LogP contribution in [0.1, 0.15) is 18.4 Å². The fraction of sp³-hybridized carbons (Fsp3) is 0.148.